The number of carbonyl (C=O) groups is 2. The minimum Gasteiger partial charge on any atom is -0.446 e. The SMILES string of the molecule is CC1(C)Cc2c(-c3cc(NC(=O)[C@H]4CC[C@@H](OC(N)=O)C4)ncc3Cl)cnn2C1. The van der Waals surface area contributed by atoms with Gasteiger partial charge < -0.3 is 15.8 Å². The number of nitrogens with zero attached hydrogens (tertiary/aromatic N) is 3. The Morgan fingerprint density at radius 1 is 1.31 bits per heavy atom. The van der Waals surface area contributed by atoms with Gasteiger partial charge in [-0.15, -0.1) is 0 Å². The zero-order valence-corrected chi connectivity index (χ0v) is 17.2. The number of ether oxygens (including phenoxy) is 1. The molecule has 1 saturated carbocycles. The third-order valence-electron chi connectivity index (χ3n) is 5.61. The fourth-order valence-corrected chi connectivity index (χ4v) is 4.47. The van der Waals surface area contributed by atoms with E-state index in [0.717, 1.165) is 29.8 Å². The van der Waals surface area contributed by atoms with E-state index < -0.39 is 6.09 Å². The van der Waals surface area contributed by atoms with E-state index in [0.29, 0.717) is 30.1 Å². The van der Waals surface area contributed by atoms with Crippen molar-refractivity contribution >= 4 is 29.4 Å². The summed E-state index contributed by atoms with van der Waals surface area (Å²) >= 11 is 6.42. The molecule has 2 amide bonds. The lowest BCUT2D eigenvalue weighted by Gasteiger charge is -2.15. The van der Waals surface area contributed by atoms with E-state index in [-0.39, 0.29) is 23.3 Å². The molecule has 4 rings (SSSR count). The lowest BCUT2D eigenvalue weighted by Crippen LogP contribution is -2.24. The summed E-state index contributed by atoms with van der Waals surface area (Å²) in [6.45, 7) is 5.29. The molecule has 29 heavy (non-hydrogen) atoms. The second kappa shape index (κ2) is 7.33. The van der Waals surface area contributed by atoms with Crippen LogP contribution in [-0.2, 0) is 22.5 Å². The van der Waals surface area contributed by atoms with Crippen molar-refractivity contribution in [1.29, 1.82) is 0 Å². The summed E-state index contributed by atoms with van der Waals surface area (Å²) in [5.74, 6) is 0.0371. The molecule has 0 saturated heterocycles. The Balaban J connectivity index is 1.50. The van der Waals surface area contributed by atoms with Crippen LogP contribution in [-0.4, -0.2) is 32.9 Å². The summed E-state index contributed by atoms with van der Waals surface area (Å²) < 4.78 is 7.02. The molecule has 0 spiro atoms. The first kappa shape index (κ1) is 19.7. The van der Waals surface area contributed by atoms with Crippen LogP contribution in [0, 0.1) is 11.3 Å². The molecule has 8 nitrogen and oxygen atoms in total. The molecule has 2 aromatic rings. The number of nitrogens with two attached hydrogens (primary N) is 1. The van der Waals surface area contributed by atoms with Crippen molar-refractivity contribution in [2.75, 3.05) is 5.32 Å². The highest BCUT2D eigenvalue weighted by atomic mass is 35.5. The monoisotopic (exact) mass is 417 g/mol. The third kappa shape index (κ3) is 4.07. The average molecular weight is 418 g/mol. The standard InChI is InChI=1S/C20H24ClN5O3/c1-20(2)7-16-14(8-24-26(16)10-20)13-6-17(23-9-15(13)21)25-18(27)11-3-4-12(5-11)29-19(22)28/h6,8-9,11-12H,3-5,7,10H2,1-2H3,(H2,22,28)(H,23,25,27)/t11-,12+/m0/s1. The van der Waals surface area contributed by atoms with Gasteiger partial charge in [0.05, 0.1) is 11.2 Å². The summed E-state index contributed by atoms with van der Waals surface area (Å²) in [5.41, 5.74) is 8.12. The van der Waals surface area contributed by atoms with Crippen molar-refractivity contribution in [1.82, 2.24) is 14.8 Å². The summed E-state index contributed by atoms with van der Waals surface area (Å²) in [4.78, 5) is 27.8. The number of rotatable bonds is 4. The number of hydrogen-bond acceptors (Lipinski definition) is 5. The average Bonchev–Trinajstić information content (AvgIpc) is 3.30. The fourth-order valence-electron chi connectivity index (χ4n) is 4.26. The Morgan fingerprint density at radius 2 is 2.10 bits per heavy atom. The molecule has 0 bridgehead atoms. The Bertz CT molecular complexity index is 971. The largest absolute Gasteiger partial charge is 0.446 e. The minimum atomic E-state index is -0.808. The number of halogens is 1. The van der Waals surface area contributed by atoms with Crippen molar-refractivity contribution in [2.24, 2.45) is 17.1 Å². The fraction of sp³-hybridized carbons (Fsp3) is 0.500. The molecule has 0 aromatic carbocycles. The number of primary amides is 1. The number of carbonyl (C=O) groups excluding carboxylic acids is 2. The summed E-state index contributed by atoms with van der Waals surface area (Å²) in [7, 11) is 0. The maximum Gasteiger partial charge on any atom is 0.404 e. The maximum atomic E-state index is 12.6. The smallest absolute Gasteiger partial charge is 0.404 e. The highest BCUT2D eigenvalue weighted by Crippen LogP contribution is 2.39. The topological polar surface area (TPSA) is 112 Å². The van der Waals surface area contributed by atoms with Crippen LogP contribution in [0.25, 0.3) is 11.1 Å². The maximum absolute atomic E-state index is 12.6. The van der Waals surface area contributed by atoms with Gasteiger partial charge in [0.2, 0.25) is 5.91 Å². The highest BCUT2D eigenvalue weighted by Gasteiger charge is 2.33. The normalized spacial score (nSPS) is 22.3. The van der Waals surface area contributed by atoms with Gasteiger partial charge >= 0.3 is 6.09 Å². The van der Waals surface area contributed by atoms with E-state index in [1.807, 2.05) is 10.9 Å². The first-order chi connectivity index (χ1) is 13.7. The van der Waals surface area contributed by atoms with Crippen LogP contribution in [0.1, 0.15) is 38.8 Å². The molecule has 3 N–H and O–H groups in total. The molecule has 1 fully saturated rings. The first-order valence-corrected chi connectivity index (χ1v) is 10.1. The molecule has 3 heterocycles. The second-order valence-corrected chi connectivity index (χ2v) is 9.02. The van der Waals surface area contributed by atoms with E-state index in [1.54, 1.807) is 12.3 Å². The Kier molecular flexibility index (Phi) is 4.98. The summed E-state index contributed by atoms with van der Waals surface area (Å²) in [5, 5.41) is 7.87. The van der Waals surface area contributed by atoms with Crippen molar-refractivity contribution < 1.29 is 14.3 Å². The quantitative estimate of drug-likeness (QED) is 0.791. The van der Waals surface area contributed by atoms with Gasteiger partial charge in [0.15, 0.2) is 0 Å². The van der Waals surface area contributed by atoms with Crippen LogP contribution in [0.3, 0.4) is 0 Å². The van der Waals surface area contributed by atoms with Crippen LogP contribution < -0.4 is 11.1 Å². The molecule has 0 unspecified atom stereocenters. The number of fused-ring (bicyclic) bond motifs is 1. The molecular formula is C20H24ClN5O3. The Hall–Kier alpha value is -2.61. The number of hydrogen-bond donors (Lipinski definition) is 2. The zero-order chi connectivity index (χ0) is 20.8. The van der Waals surface area contributed by atoms with Crippen LogP contribution in [0.4, 0.5) is 10.6 Å². The van der Waals surface area contributed by atoms with Gasteiger partial charge in [-0.25, -0.2) is 9.78 Å². The van der Waals surface area contributed by atoms with Crippen LogP contribution in [0.5, 0.6) is 0 Å². The molecule has 154 valence electrons. The summed E-state index contributed by atoms with van der Waals surface area (Å²) in [6, 6.07) is 1.79. The minimum absolute atomic E-state index is 0.150. The van der Waals surface area contributed by atoms with E-state index in [2.05, 4.69) is 29.2 Å². The van der Waals surface area contributed by atoms with Crippen molar-refractivity contribution in [2.45, 2.75) is 52.2 Å². The predicted molar refractivity (Wildman–Crippen MR) is 108 cm³/mol. The van der Waals surface area contributed by atoms with Crippen LogP contribution >= 0.6 is 11.6 Å². The van der Waals surface area contributed by atoms with Gasteiger partial charge in [-0.05, 0) is 37.2 Å². The number of pyridine rings is 1. The van der Waals surface area contributed by atoms with Gasteiger partial charge in [0.25, 0.3) is 0 Å². The van der Waals surface area contributed by atoms with E-state index >= 15 is 0 Å². The molecule has 2 aromatic heterocycles. The van der Waals surface area contributed by atoms with Crippen molar-refractivity contribution in [3.05, 3.63) is 29.2 Å². The Morgan fingerprint density at radius 3 is 2.86 bits per heavy atom. The molecule has 2 atom stereocenters. The zero-order valence-electron chi connectivity index (χ0n) is 16.4. The first-order valence-electron chi connectivity index (χ1n) is 9.69. The van der Waals surface area contributed by atoms with E-state index in [4.69, 9.17) is 22.1 Å². The number of anilines is 1. The van der Waals surface area contributed by atoms with Crippen molar-refractivity contribution in [3.63, 3.8) is 0 Å². The Labute approximate surface area is 173 Å². The van der Waals surface area contributed by atoms with Gasteiger partial charge in [-0.1, -0.05) is 25.4 Å². The van der Waals surface area contributed by atoms with Gasteiger partial charge in [0, 0.05) is 35.5 Å². The highest BCUT2D eigenvalue weighted by molar-refractivity contribution is 6.33. The number of nitrogens with one attached hydrogen (secondary N) is 1. The molecular weight excluding hydrogens is 394 g/mol. The van der Waals surface area contributed by atoms with Crippen molar-refractivity contribution in [3.8, 4) is 11.1 Å². The molecule has 2 aliphatic rings. The number of amides is 2. The van der Waals surface area contributed by atoms with E-state index in [1.165, 1.54) is 0 Å². The molecule has 1 aliphatic carbocycles. The second-order valence-electron chi connectivity index (χ2n) is 8.61. The van der Waals surface area contributed by atoms with Crippen LogP contribution in [0.2, 0.25) is 5.02 Å². The van der Waals surface area contributed by atoms with Gasteiger partial charge in [-0.3, -0.25) is 9.48 Å². The molecule has 9 heteroatoms. The lowest BCUT2D eigenvalue weighted by atomic mass is 9.89. The summed E-state index contributed by atoms with van der Waals surface area (Å²) in [6.07, 6.45) is 4.87. The third-order valence-corrected chi connectivity index (χ3v) is 5.91. The molecule has 0 radical (unpaired) electrons. The van der Waals surface area contributed by atoms with E-state index in [9.17, 15) is 9.59 Å². The lowest BCUT2D eigenvalue weighted by molar-refractivity contribution is -0.119. The predicted octanol–water partition coefficient (Wildman–Crippen LogP) is 3.38. The van der Waals surface area contributed by atoms with Gasteiger partial charge in [0.1, 0.15) is 11.9 Å². The number of aromatic nitrogens is 3. The molecule has 1 aliphatic heterocycles. The van der Waals surface area contributed by atoms with Gasteiger partial charge in [-0.2, -0.15) is 5.10 Å². The van der Waals surface area contributed by atoms with Crippen LogP contribution in [0.15, 0.2) is 18.5 Å².